The van der Waals surface area contributed by atoms with E-state index >= 15 is 0 Å². The van der Waals surface area contributed by atoms with E-state index < -0.39 is 0 Å². The third kappa shape index (κ3) is 4.85. The molecule has 2 aromatic rings. The standard InChI is InChI=1S/C26H18N2/c1-2-7-21(6-1)12-13-23-16-18-25(19-17-23)27-28-26-11-5-10-24(20-26)15-14-22-8-3-4-9-22/h1-6,8,10-11,16-20H,7,9H2. The number of benzene rings is 2. The summed E-state index contributed by atoms with van der Waals surface area (Å²) in [6.07, 6.45) is 14.2. The second-order valence-electron chi connectivity index (χ2n) is 6.45. The third-order valence-electron chi connectivity index (χ3n) is 4.27. The lowest BCUT2D eigenvalue weighted by molar-refractivity contribution is 1.23. The minimum absolute atomic E-state index is 0.787. The maximum Gasteiger partial charge on any atom is 0.0869 e. The Labute approximate surface area is 165 Å². The van der Waals surface area contributed by atoms with Gasteiger partial charge < -0.3 is 0 Å². The van der Waals surface area contributed by atoms with Crippen LogP contribution in [0.4, 0.5) is 11.4 Å². The van der Waals surface area contributed by atoms with Crippen molar-refractivity contribution in [1.29, 1.82) is 0 Å². The van der Waals surface area contributed by atoms with Crippen molar-refractivity contribution in [2.24, 2.45) is 10.2 Å². The molecule has 0 unspecified atom stereocenters. The molecule has 0 aliphatic heterocycles. The molecule has 2 heteroatoms. The zero-order valence-corrected chi connectivity index (χ0v) is 15.4. The zero-order valence-electron chi connectivity index (χ0n) is 15.4. The predicted octanol–water partition coefficient (Wildman–Crippen LogP) is 6.58. The Hall–Kier alpha value is -3.88. The zero-order chi connectivity index (χ0) is 19.0. The minimum atomic E-state index is 0.787. The molecule has 2 aliphatic rings. The fourth-order valence-electron chi connectivity index (χ4n) is 2.76. The first-order valence-electron chi connectivity index (χ1n) is 9.22. The molecule has 0 spiro atoms. The van der Waals surface area contributed by atoms with Crippen molar-refractivity contribution in [2.75, 3.05) is 0 Å². The van der Waals surface area contributed by atoms with Crippen LogP contribution in [0.2, 0.25) is 0 Å². The SMILES string of the molecule is C(#Cc1ccc(N=Nc2cccc(C#CC3=CC=CC3)c2)cc1)C1=CC=CC1. The van der Waals surface area contributed by atoms with Crippen molar-refractivity contribution in [2.45, 2.75) is 12.8 Å². The van der Waals surface area contributed by atoms with Crippen LogP contribution in [0.25, 0.3) is 0 Å². The van der Waals surface area contributed by atoms with Gasteiger partial charge in [0.05, 0.1) is 11.4 Å². The molecular weight excluding hydrogens is 340 g/mol. The van der Waals surface area contributed by atoms with Crippen LogP contribution >= 0.6 is 0 Å². The quantitative estimate of drug-likeness (QED) is 0.428. The first-order chi connectivity index (χ1) is 13.8. The van der Waals surface area contributed by atoms with Gasteiger partial charge in [0.2, 0.25) is 0 Å². The normalized spacial score (nSPS) is 14.3. The second-order valence-corrected chi connectivity index (χ2v) is 6.45. The van der Waals surface area contributed by atoms with Gasteiger partial charge in [-0.15, -0.1) is 0 Å². The van der Waals surface area contributed by atoms with Crippen molar-refractivity contribution >= 4 is 11.4 Å². The molecule has 2 aromatic carbocycles. The molecule has 0 radical (unpaired) electrons. The Morgan fingerprint density at radius 3 is 1.89 bits per heavy atom. The van der Waals surface area contributed by atoms with Gasteiger partial charge in [-0.25, -0.2) is 0 Å². The Kier molecular flexibility index (Phi) is 5.43. The summed E-state index contributed by atoms with van der Waals surface area (Å²) in [5.41, 5.74) is 5.77. The summed E-state index contributed by atoms with van der Waals surface area (Å²) < 4.78 is 0. The molecule has 28 heavy (non-hydrogen) atoms. The molecular formula is C26H18N2. The Bertz CT molecular complexity index is 1150. The monoisotopic (exact) mass is 358 g/mol. The molecule has 0 saturated carbocycles. The van der Waals surface area contributed by atoms with Gasteiger partial charge >= 0.3 is 0 Å². The van der Waals surface area contributed by atoms with E-state index in [0.29, 0.717) is 0 Å². The van der Waals surface area contributed by atoms with Crippen molar-refractivity contribution < 1.29 is 0 Å². The van der Waals surface area contributed by atoms with Crippen molar-refractivity contribution in [1.82, 2.24) is 0 Å². The van der Waals surface area contributed by atoms with E-state index in [1.807, 2.05) is 66.8 Å². The van der Waals surface area contributed by atoms with E-state index in [1.165, 1.54) is 0 Å². The molecule has 0 bridgehead atoms. The summed E-state index contributed by atoms with van der Waals surface area (Å²) in [4.78, 5) is 0. The Balaban J connectivity index is 1.42. The topological polar surface area (TPSA) is 24.7 Å². The summed E-state index contributed by atoms with van der Waals surface area (Å²) in [6.45, 7) is 0. The lowest BCUT2D eigenvalue weighted by atomic mass is 10.1. The number of rotatable bonds is 2. The molecule has 0 fully saturated rings. The average Bonchev–Trinajstić information content (AvgIpc) is 3.44. The molecule has 2 aliphatic carbocycles. The molecule has 2 nitrogen and oxygen atoms in total. The lowest BCUT2D eigenvalue weighted by Crippen LogP contribution is -1.76. The van der Waals surface area contributed by atoms with Gasteiger partial charge in [-0.1, -0.05) is 66.2 Å². The van der Waals surface area contributed by atoms with Crippen LogP contribution in [-0.2, 0) is 0 Å². The molecule has 4 rings (SSSR count). The molecule has 0 N–H and O–H groups in total. The van der Waals surface area contributed by atoms with Crippen molar-refractivity contribution in [3.8, 4) is 23.7 Å². The maximum atomic E-state index is 4.33. The van der Waals surface area contributed by atoms with Gasteiger partial charge in [0.1, 0.15) is 0 Å². The Morgan fingerprint density at radius 2 is 1.25 bits per heavy atom. The molecule has 132 valence electrons. The van der Waals surface area contributed by atoms with Crippen LogP contribution in [0, 0.1) is 23.7 Å². The minimum Gasteiger partial charge on any atom is -0.151 e. The van der Waals surface area contributed by atoms with E-state index in [1.54, 1.807) is 0 Å². The number of hydrogen-bond acceptors (Lipinski definition) is 2. The smallest absolute Gasteiger partial charge is 0.0869 e. The summed E-state index contributed by atoms with van der Waals surface area (Å²) in [7, 11) is 0. The first-order valence-corrected chi connectivity index (χ1v) is 9.22. The molecule has 0 saturated heterocycles. The summed E-state index contributed by atoms with van der Waals surface area (Å²) >= 11 is 0. The van der Waals surface area contributed by atoms with E-state index in [-0.39, 0.29) is 0 Å². The number of nitrogens with zero attached hydrogens (tertiary/aromatic N) is 2. The van der Waals surface area contributed by atoms with Crippen LogP contribution in [0.5, 0.6) is 0 Å². The van der Waals surface area contributed by atoms with Gasteiger partial charge in [0.25, 0.3) is 0 Å². The number of hydrogen-bond donors (Lipinski definition) is 0. The first kappa shape index (κ1) is 17.5. The fraction of sp³-hybridized carbons (Fsp3) is 0.0769. The highest BCUT2D eigenvalue weighted by molar-refractivity contribution is 5.51. The van der Waals surface area contributed by atoms with Crippen molar-refractivity contribution in [3.63, 3.8) is 0 Å². The number of azo groups is 1. The molecule has 0 heterocycles. The highest BCUT2D eigenvalue weighted by Crippen LogP contribution is 2.20. The van der Waals surface area contributed by atoms with Crippen LogP contribution in [-0.4, -0.2) is 0 Å². The molecule has 0 aromatic heterocycles. The van der Waals surface area contributed by atoms with Gasteiger partial charge in [0.15, 0.2) is 0 Å². The van der Waals surface area contributed by atoms with Gasteiger partial charge in [0, 0.05) is 22.3 Å². The van der Waals surface area contributed by atoms with Crippen LogP contribution < -0.4 is 0 Å². The van der Waals surface area contributed by atoms with Gasteiger partial charge in [-0.3, -0.25) is 0 Å². The van der Waals surface area contributed by atoms with Gasteiger partial charge in [-0.05, 0) is 55.3 Å². The second kappa shape index (κ2) is 8.67. The molecule has 0 atom stereocenters. The van der Waals surface area contributed by atoms with E-state index in [9.17, 15) is 0 Å². The maximum absolute atomic E-state index is 4.33. The van der Waals surface area contributed by atoms with Crippen LogP contribution in [0.1, 0.15) is 24.0 Å². The van der Waals surface area contributed by atoms with E-state index in [0.717, 1.165) is 46.5 Å². The van der Waals surface area contributed by atoms with Crippen molar-refractivity contribution in [3.05, 3.63) is 107 Å². The molecule has 0 amide bonds. The lowest BCUT2D eigenvalue weighted by Gasteiger charge is -1.96. The van der Waals surface area contributed by atoms with Gasteiger partial charge in [-0.2, -0.15) is 10.2 Å². The van der Waals surface area contributed by atoms with E-state index in [2.05, 4.69) is 52.1 Å². The van der Waals surface area contributed by atoms with E-state index in [4.69, 9.17) is 0 Å². The summed E-state index contributed by atoms with van der Waals surface area (Å²) in [5.74, 6) is 12.7. The summed E-state index contributed by atoms with van der Waals surface area (Å²) in [5, 5.41) is 8.65. The highest BCUT2D eigenvalue weighted by Gasteiger charge is 1.97. The highest BCUT2D eigenvalue weighted by atomic mass is 15.1. The average molecular weight is 358 g/mol. The van der Waals surface area contributed by atoms with Crippen LogP contribution in [0.15, 0.2) is 106 Å². The van der Waals surface area contributed by atoms with Crippen LogP contribution in [0.3, 0.4) is 0 Å². The number of allylic oxidation sites excluding steroid dienone is 8. The Morgan fingerprint density at radius 1 is 0.607 bits per heavy atom. The fourth-order valence-corrected chi connectivity index (χ4v) is 2.76. The third-order valence-corrected chi connectivity index (χ3v) is 4.27. The predicted molar refractivity (Wildman–Crippen MR) is 114 cm³/mol. The largest absolute Gasteiger partial charge is 0.151 e. The summed E-state index contributed by atoms with van der Waals surface area (Å²) in [6, 6.07) is 15.6.